The first-order chi connectivity index (χ1) is 9.79. The summed E-state index contributed by atoms with van der Waals surface area (Å²) in [6.07, 6.45) is 7.50. The van der Waals surface area contributed by atoms with Crippen molar-refractivity contribution >= 4 is 5.82 Å². The van der Waals surface area contributed by atoms with Crippen LogP contribution >= 0.6 is 0 Å². The molecule has 0 spiro atoms. The van der Waals surface area contributed by atoms with E-state index in [2.05, 4.69) is 33.2 Å². The van der Waals surface area contributed by atoms with E-state index in [0.29, 0.717) is 0 Å². The van der Waals surface area contributed by atoms with Crippen LogP contribution in [-0.2, 0) is 13.0 Å². The van der Waals surface area contributed by atoms with Crippen molar-refractivity contribution in [3.8, 4) is 11.1 Å². The highest BCUT2D eigenvalue weighted by Crippen LogP contribution is 2.30. The summed E-state index contributed by atoms with van der Waals surface area (Å²) < 4.78 is 0. The lowest BCUT2D eigenvalue weighted by Gasteiger charge is -2.26. The molecule has 1 aliphatic rings. The maximum atomic E-state index is 10.5. The molecule has 1 aliphatic heterocycles. The summed E-state index contributed by atoms with van der Waals surface area (Å²) in [5.74, 6) is 1.05. The Balaban J connectivity index is 2.05. The molecule has 20 heavy (non-hydrogen) atoms. The largest absolute Gasteiger partial charge is 0.359 e. The number of aryl methyl sites for hydroxylation is 1. The third kappa shape index (κ3) is 2.27. The Morgan fingerprint density at radius 2 is 2.30 bits per heavy atom. The number of rotatable bonds is 3. The highest BCUT2D eigenvalue weighted by molar-refractivity contribution is 5.68. The summed E-state index contributed by atoms with van der Waals surface area (Å²) >= 11 is 0. The monoisotopic (exact) mass is 268 g/mol. The van der Waals surface area contributed by atoms with Gasteiger partial charge in [-0.3, -0.25) is 4.98 Å². The Labute approximate surface area is 117 Å². The molecule has 0 atom stereocenters. The topological polar surface area (TPSA) is 58.5 Å². The molecule has 0 bridgehead atoms. The van der Waals surface area contributed by atoms with Crippen LogP contribution in [0.5, 0.6) is 0 Å². The molecule has 2 aromatic rings. The highest BCUT2D eigenvalue weighted by Gasteiger charge is 2.16. The Bertz CT molecular complexity index is 642. The van der Waals surface area contributed by atoms with Crippen molar-refractivity contribution in [2.24, 2.45) is 5.18 Å². The summed E-state index contributed by atoms with van der Waals surface area (Å²) in [7, 11) is 2.07. The zero-order valence-electron chi connectivity index (χ0n) is 11.4. The quantitative estimate of drug-likeness (QED) is 0.803. The van der Waals surface area contributed by atoms with Crippen molar-refractivity contribution in [3.63, 3.8) is 0 Å². The van der Waals surface area contributed by atoms with Gasteiger partial charge in [0.15, 0.2) is 0 Å². The molecule has 2 aromatic heterocycles. The number of hydrogen-bond donors (Lipinski definition) is 0. The Hall–Kier alpha value is -2.30. The first kappa shape index (κ1) is 12.7. The van der Waals surface area contributed by atoms with Crippen LogP contribution in [0.2, 0.25) is 0 Å². The molecular weight excluding hydrogens is 252 g/mol. The molecule has 0 aliphatic carbocycles. The van der Waals surface area contributed by atoms with Gasteiger partial charge in [0.2, 0.25) is 0 Å². The summed E-state index contributed by atoms with van der Waals surface area (Å²) in [6.45, 7) is 1.21. The molecule has 0 saturated carbocycles. The molecule has 0 N–H and O–H groups in total. The average Bonchev–Trinajstić information content (AvgIpc) is 2.48. The van der Waals surface area contributed by atoms with Gasteiger partial charge in [0, 0.05) is 43.3 Å². The molecule has 0 fully saturated rings. The van der Waals surface area contributed by atoms with Gasteiger partial charge in [-0.25, -0.2) is 4.98 Å². The minimum absolute atomic E-state index is 0.162. The van der Waals surface area contributed by atoms with Crippen molar-refractivity contribution in [3.05, 3.63) is 46.8 Å². The van der Waals surface area contributed by atoms with E-state index in [1.54, 1.807) is 12.4 Å². The van der Waals surface area contributed by atoms with Crippen LogP contribution in [0.15, 0.2) is 35.9 Å². The van der Waals surface area contributed by atoms with E-state index in [1.807, 2.05) is 12.3 Å². The lowest BCUT2D eigenvalue weighted by molar-refractivity contribution is 0.731. The SMILES string of the molecule is CN1CCCc2cc(-c3cnccc3CN=O)cnc21. The van der Waals surface area contributed by atoms with E-state index in [-0.39, 0.29) is 6.54 Å². The maximum absolute atomic E-state index is 10.5. The van der Waals surface area contributed by atoms with Gasteiger partial charge in [0.25, 0.3) is 0 Å². The van der Waals surface area contributed by atoms with Crippen LogP contribution in [0, 0.1) is 4.91 Å². The van der Waals surface area contributed by atoms with Crippen LogP contribution in [0.1, 0.15) is 17.5 Å². The normalized spacial score (nSPS) is 13.9. The number of fused-ring (bicyclic) bond motifs is 1. The third-order valence-corrected chi connectivity index (χ3v) is 3.70. The fourth-order valence-electron chi connectivity index (χ4n) is 2.68. The van der Waals surface area contributed by atoms with E-state index >= 15 is 0 Å². The molecule has 5 heteroatoms. The van der Waals surface area contributed by atoms with Gasteiger partial charge in [0.1, 0.15) is 12.4 Å². The molecule has 0 radical (unpaired) electrons. The van der Waals surface area contributed by atoms with Crippen molar-refractivity contribution in [2.75, 3.05) is 18.5 Å². The van der Waals surface area contributed by atoms with E-state index < -0.39 is 0 Å². The van der Waals surface area contributed by atoms with Gasteiger partial charge < -0.3 is 4.90 Å². The number of hydrogen-bond acceptors (Lipinski definition) is 5. The van der Waals surface area contributed by atoms with Gasteiger partial charge in [-0.2, -0.15) is 4.91 Å². The standard InChI is InChI=1S/C15H16N4O/c1-19-6-2-3-11-7-13(8-17-15(11)19)14-10-16-5-4-12(14)9-18-20/h4-5,7-8,10H,2-3,6,9H2,1H3. The van der Waals surface area contributed by atoms with E-state index in [9.17, 15) is 4.91 Å². The molecular formula is C15H16N4O. The lowest BCUT2D eigenvalue weighted by atomic mass is 9.99. The minimum Gasteiger partial charge on any atom is -0.359 e. The fourth-order valence-corrected chi connectivity index (χ4v) is 2.68. The molecule has 0 aromatic carbocycles. The van der Waals surface area contributed by atoms with E-state index in [4.69, 9.17) is 0 Å². The number of anilines is 1. The molecule has 3 rings (SSSR count). The molecule has 102 valence electrons. The smallest absolute Gasteiger partial charge is 0.131 e. The van der Waals surface area contributed by atoms with E-state index in [0.717, 1.165) is 41.9 Å². The predicted molar refractivity (Wildman–Crippen MR) is 78.6 cm³/mol. The summed E-state index contributed by atoms with van der Waals surface area (Å²) in [4.78, 5) is 21.4. The van der Waals surface area contributed by atoms with Crippen LogP contribution in [0.3, 0.4) is 0 Å². The molecule has 3 heterocycles. The van der Waals surface area contributed by atoms with Crippen molar-refractivity contribution in [1.82, 2.24) is 9.97 Å². The Morgan fingerprint density at radius 3 is 3.15 bits per heavy atom. The summed E-state index contributed by atoms with van der Waals surface area (Å²) in [6, 6.07) is 3.99. The highest BCUT2D eigenvalue weighted by atomic mass is 16.3. The third-order valence-electron chi connectivity index (χ3n) is 3.70. The van der Waals surface area contributed by atoms with E-state index in [1.165, 1.54) is 5.56 Å². The zero-order valence-corrected chi connectivity index (χ0v) is 11.4. The van der Waals surface area contributed by atoms with Gasteiger partial charge in [0.05, 0.1) is 0 Å². The van der Waals surface area contributed by atoms with Gasteiger partial charge >= 0.3 is 0 Å². The molecule has 5 nitrogen and oxygen atoms in total. The predicted octanol–water partition coefficient (Wildman–Crippen LogP) is 2.79. The fraction of sp³-hybridized carbons (Fsp3) is 0.333. The first-order valence-corrected chi connectivity index (χ1v) is 6.72. The van der Waals surface area contributed by atoms with Crippen LogP contribution in [-0.4, -0.2) is 23.6 Å². The summed E-state index contributed by atoms with van der Waals surface area (Å²) in [5.41, 5.74) is 4.09. The molecule has 0 unspecified atom stereocenters. The second-order valence-corrected chi connectivity index (χ2v) is 5.05. The van der Waals surface area contributed by atoms with Crippen molar-refractivity contribution in [1.29, 1.82) is 0 Å². The van der Waals surface area contributed by atoms with Gasteiger partial charge in [-0.1, -0.05) is 5.18 Å². The van der Waals surface area contributed by atoms with Gasteiger partial charge in [-0.15, -0.1) is 0 Å². The van der Waals surface area contributed by atoms with Crippen LogP contribution in [0.25, 0.3) is 11.1 Å². The molecule has 0 saturated heterocycles. The minimum atomic E-state index is 0.162. The number of aromatic nitrogens is 2. The second kappa shape index (κ2) is 5.36. The van der Waals surface area contributed by atoms with Crippen LogP contribution < -0.4 is 4.90 Å². The average molecular weight is 268 g/mol. The molecule has 0 amide bonds. The Morgan fingerprint density at radius 1 is 1.40 bits per heavy atom. The first-order valence-electron chi connectivity index (χ1n) is 6.72. The van der Waals surface area contributed by atoms with Crippen molar-refractivity contribution < 1.29 is 0 Å². The Kier molecular flexibility index (Phi) is 3.41. The number of nitroso groups, excluding NO2 is 1. The zero-order chi connectivity index (χ0) is 13.9. The maximum Gasteiger partial charge on any atom is 0.131 e. The summed E-state index contributed by atoms with van der Waals surface area (Å²) in [5, 5.41) is 2.99. The number of pyridine rings is 2. The second-order valence-electron chi connectivity index (χ2n) is 5.05. The number of nitrogens with zero attached hydrogens (tertiary/aromatic N) is 4. The van der Waals surface area contributed by atoms with Gasteiger partial charge in [-0.05, 0) is 36.1 Å². The lowest BCUT2D eigenvalue weighted by Crippen LogP contribution is -2.25. The van der Waals surface area contributed by atoms with Crippen LogP contribution in [0.4, 0.5) is 5.82 Å². The van der Waals surface area contributed by atoms with Crippen molar-refractivity contribution in [2.45, 2.75) is 19.4 Å².